The van der Waals surface area contributed by atoms with Crippen molar-refractivity contribution >= 4 is 5.69 Å². The van der Waals surface area contributed by atoms with Crippen LogP contribution in [0.4, 0.5) is 5.69 Å². The fourth-order valence-electron chi connectivity index (χ4n) is 1.87. The Bertz CT molecular complexity index is 369. The molecule has 0 aliphatic heterocycles. The fourth-order valence-corrected chi connectivity index (χ4v) is 1.87. The summed E-state index contributed by atoms with van der Waals surface area (Å²) in [5.74, 6) is 0.934. The van der Waals surface area contributed by atoms with Crippen molar-refractivity contribution in [2.45, 2.75) is 39.0 Å². The second kappa shape index (κ2) is 6.64. The van der Waals surface area contributed by atoms with Crippen LogP contribution >= 0.6 is 0 Å². The highest BCUT2D eigenvalue weighted by Crippen LogP contribution is 2.33. The first-order valence-corrected chi connectivity index (χ1v) is 6.52. The lowest BCUT2D eigenvalue weighted by Gasteiger charge is -2.23. The average Bonchev–Trinajstić information content (AvgIpc) is 2.33. The number of nitrogens with one attached hydrogen (secondary N) is 1. The van der Waals surface area contributed by atoms with Crippen molar-refractivity contribution in [3.63, 3.8) is 0 Å². The molecule has 0 atom stereocenters. The van der Waals surface area contributed by atoms with Gasteiger partial charge >= 0.3 is 0 Å². The molecular weight excluding hydrogens is 226 g/mol. The minimum atomic E-state index is 0.0636. The summed E-state index contributed by atoms with van der Waals surface area (Å²) >= 11 is 0. The van der Waals surface area contributed by atoms with E-state index in [-0.39, 0.29) is 12.0 Å². The monoisotopic (exact) mass is 251 g/mol. The Morgan fingerprint density at radius 2 is 1.94 bits per heavy atom. The summed E-state index contributed by atoms with van der Waals surface area (Å²) in [6.45, 7) is 7.69. The molecule has 102 valence electrons. The van der Waals surface area contributed by atoms with Crippen LogP contribution in [0.2, 0.25) is 0 Å². The van der Waals surface area contributed by atoms with Crippen LogP contribution in [0.1, 0.15) is 39.2 Å². The van der Waals surface area contributed by atoms with E-state index in [1.54, 1.807) is 7.11 Å². The molecule has 3 nitrogen and oxygen atoms in total. The summed E-state index contributed by atoms with van der Waals surface area (Å²) < 4.78 is 5.41. The van der Waals surface area contributed by atoms with E-state index < -0.39 is 0 Å². The first kappa shape index (κ1) is 14.8. The van der Waals surface area contributed by atoms with E-state index in [1.807, 2.05) is 12.1 Å². The molecule has 0 radical (unpaired) electrons. The maximum atomic E-state index is 8.74. The predicted octanol–water partition coefficient (Wildman–Crippen LogP) is 3.18. The molecule has 1 aromatic carbocycles. The zero-order chi connectivity index (χ0) is 13.6. The number of hydrogen-bond donors (Lipinski definition) is 2. The molecule has 0 heterocycles. The molecule has 0 aliphatic rings. The number of methoxy groups -OCH3 is 1. The van der Waals surface area contributed by atoms with Crippen molar-refractivity contribution in [1.29, 1.82) is 0 Å². The van der Waals surface area contributed by atoms with Gasteiger partial charge in [0.05, 0.1) is 7.11 Å². The van der Waals surface area contributed by atoms with Crippen LogP contribution in [0.5, 0.6) is 5.75 Å². The molecule has 0 saturated heterocycles. The summed E-state index contributed by atoms with van der Waals surface area (Å²) in [7, 11) is 1.71. The number of hydrogen-bond acceptors (Lipinski definition) is 3. The van der Waals surface area contributed by atoms with Gasteiger partial charge in [-0.1, -0.05) is 20.8 Å². The smallest absolute Gasteiger partial charge is 0.122 e. The summed E-state index contributed by atoms with van der Waals surface area (Å²) in [5.41, 5.74) is 2.38. The van der Waals surface area contributed by atoms with Crippen molar-refractivity contribution in [3.05, 3.63) is 23.8 Å². The summed E-state index contributed by atoms with van der Waals surface area (Å²) in [5, 5.41) is 12.1. The minimum absolute atomic E-state index is 0.0636. The third-order valence-corrected chi connectivity index (χ3v) is 2.92. The van der Waals surface area contributed by atoms with Crippen LogP contribution in [-0.4, -0.2) is 25.4 Å². The Hall–Kier alpha value is -1.22. The Labute approximate surface area is 110 Å². The molecule has 0 saturated carbocycles. The third-order valence-electron chi connectivity index (χ3n) is 2.92. The highest BCUT2D eigenvalue weighted by molar-refractivity contribution is 5.53. The SMILES string of the molecule is COc1ccc(NCCCCO)cc1C(C)(C)C. The van der Waals surface area contributed by atoms with E-state index in [1.165, 1.54) is 5.56 Å². The molecule has 1 rings (SSSR count). The van der Waals surface area contributed by atoms with Crippen LogP contribution in [0, 0.1) is 0 Å². The number of unbranched alkanes of at least 4 members (excludes halogenated alkanes) is 1. The minimum Gasteiger partial charge on any atom is -0.496 e. The Morgan fingerprint density at radius 1 is 1.22 bits per heavy atom. The standard InChI is InChI=1S/C15H25NO2/c1-15(2,3)13-11-12(7-8-14(13)18-4)16-9-5-6-10-17/h7-8,11,16-17H,5-6,9-10H2,1-4H3. The molecule has 0 amide bonds. The average molecular weight is 251 g/mol. The van der Waals surface area contributed by atoms with Crippen LogP contribution in [0.25, 0.3) is 0 Å². The lowest BCUT2D eigenvalue weighted by Crippen LogP contribution is -2.13. The van der Waals surface area contributed by atoms with Gasteiger partial charge < -0.3 is 15.2 Å². The maximum Gasteiger partial charge on any atom is 0.122 e. The normalized spacial score (nSPS) is 11.4. The Kier molecular flexibility index (Phi) is 5.48. The first-order chi connectivity index (χ1) is 8.49. The van der Waals surface area contributed by atoms with Crippen LogP contribution in [-0.2, 0) is 5.41 Å². The molecule has 0 unspecified atom stereocenters. The number of aliphatic hydroxyl groups excluding tert-OH is 1. The third kappa shape index (κ3) is 4.22. The van der Waals surface area contributed by atoms with Gasteiger partial charge in [0.1, 0.15) is 5.75 Å². The van der Waals surface area contributed by atoms with Gasteiger partial charge in [-0.05, 0) is 36.5 Å². The quantitative estimate of drug-likeness (QED) is 0.763. The summed E-state index contributed by atoms with van der Waals surface area (Å²) in [6, 6.07) is 6.19. The Morgan fingerprint density at radius 3 is 2.50 bits per heavy atom. The summed E-state index contributed by atoms with van der Waals surface area (Å²) in [6.07, 6.45) is 1.82. The second-order valence-electron chi connectivity index (χ2n) is 5.52. The lowest BCUT2D eigenvalue weighted by atomic mass is 9.86. The molecule has 0 spiro atoms. The highest BCUT2D eigenvalue weighted by atomic mass is 16.5. The molecule has 0 bridgehead atoms. The van der Waals surface area contributed by atoms with Gasteiger partial charge in [0, 0.05) is 24.4 Å². The van der Waals surface area contributed by atoms with Crippen molar-refractivity contribution in [2.24, 2.45) is 0 Å². The van der Waals surface area contributed by atoms with E-state index in [2.05, 4.69) is 32.2 Å². The zero-order valence-corrected chi connectivity index (χ0v) is 11.9. The Balaban J connectivity index is 2.77. The molecule has 0 aliphatic carbocycles. The van der Waals surface area contributed by atoms with Crippen molar-refractivity contribution in [3.8, 4) is 5.75 Å². The van der Waals surface area contributed by atoms with Crippen molar-refractivity contribution in [2.75, 3.05) is 25.6 Å². The molecule has 2 N–H and O–H groups in total. The molecule has 3 heteroatoms. The van der Waals surface area contributed by atoms with Gasteiger partial charge in [0.2, 0.25) is 0 Å². The van der Waals surface area contributed by atoms with Crippen LogP contribution < -0.4 is 10.1 Å². The van der Waals surface area contributed by atoms with Crippen LogP contribution in [0.15, 0.2) is 18.2 Å². The number of anilines is 1. The van der Waals surface area contributed by atoms with Crippen LogP contribution in [0.3, 0.4) is 0 Å². The zero-order valence-electron chi connectivity index (χ0n) is 11.9. The van der Waals surface area contributed by atoms with Gasteiger partial charge in [-0.3, -0.25) is 0 Å². The van der Waals surface area contributed by atoms with Crippen molar-refractivity contribution < 1.29 is 9.84 Å². The van der Waals surface area contributed by atoms with Gasteiger partial charge in [-0.25, -0.2) is 0 Å². The second-order valence-corrected chi connectivity index (χ2v) is 5.52. The molecular formula is C15H25NO2. The van der Waals surface area contributed by atoms with E-state index in [4.69, 9.17) is 9.84 Å². The summed E-state index contributed by atoms with van der Waals surface area (Å²) in [4.78, 5) is 0. The molecule has 0 aromatic heterocycles. The van der Waals surface area contributed by atoms with E-state index in [9.17, 15) is 0 Å². The topological polar surface area (TPSA) is 41.5 Å². The van der Waals surface area contributed by atoms with E-state index >= 15 is 0 Å². The number of aliphatic hydroxyl groups is 1. The predicted molar refractivity (Wildman–Crippen MR) is 76.5 cm³/mol. The maximum absolute atomic E-state index is 8.74. The number of benzene rings is 1. The fraction of sp³-hybridized carbons (Fsp3) is 0.600. The van der Waals surface area contributed by atoms with Gasteiger partial charge in [-0.15, -0.1) is 0 Å². The van der Waals surface area contributed by atoms with Crippen molar-refractivity contribution in [1.82, 2.24) is 0 Å². The molecule has 0 fully saturated rings. The first-order valence-electron chi connectivity index (χ1n) is 6.52. The largest absolute Gasteiger partial charge is 0.496 e. The van der Waals surface area contributed by atoms with Gasteiger partial charge in [-0.2, -0.15) is 0 Å². The number of ether oxygens (including phenoxy) is 1. The molecule has 1 aromatic rings. The van der Waals surface area contributed by atoms with Gasteiger partial charge in [0.15, 0.2) is 0 Å². The van der Waals surface area contributed by atoms with E-state index in [0.717, 1.165) is 30.8 Å². The van der Waals surface area contributed by atoms with Gasteiger partial charge in [0.25, 0.3) is 0 Å². The lowest BCUT2D eigenvalue weighted by molar-refractivity contribution is 0.286. The number of rotatable bonds is 6. The van der Waals surface area contributed by atoms with E-state index in [0.29, 0.717) is 0 Å². The highest BCUT2D eigenvalue weighted by Gasteiger charge is 2.19. The molecule has 18 heavy (non-hydrogen) atoms.